The van der Waals surface area contributed by atoms with E-state index in [1.165, 1.54) is 0 Å². The van der Waals surface area contributed by atoms with Gasteiger partial charge in [-0.3, -0.25) is 10.2 Å². The van der Waals surface area contributed by atoms with Crippen LogP contribution >= 0.6 is 0 Å². The van der Waals surface area contributed by atoms with Crippen LogP contribution in [0.1, 0.15) is 19.3 Å². The number of hydrazine groups is 1. The largest absolute Gasteiger partial charge is 0.330 e. The molecule has 0 bridgehead atoms. The Morgan fingerprint density at radius 1 is 1.44 bits per heavy atom. The zero-order chi connectivity index (χ0) is 7.11. The molecule has 0 unspecified atom stereocenters. The van der Waals surface area contributed by atoms with Gasteiger partial charge in [0.25, 0.3) is 0 Å². The molecule has 0 rings (SSSR count). The quantitative estimate of drug-likeness (QED) is 0.200. The van der Waals surface area contributed by atoms with Crippen molar-refractivity contribution in [2.75, 3.05) is 6.54 Å². The second kappa shape index (κ2) is 5.53. The molecule has 0 aromatic carbocycles. The van der Waals surface area contributed by atoms with Crippen molar-refractivity contribution in [1.29, 1.82) is 0 Å². The molecular formula is C5H13N3O. The summed E-state index contributed by atoms with van der Waals surface area (Å²) < 4.78 is 0. The molecule has 0 radical (unpaired) electrons. The van der Waals surface area contributed by atoms with E-state index in [-0.39, 0.29) is 5.91 Å². The fourth-order valence-corrected chi connectivity index (χ4v) is 0.502. The Bertz CT molecular complexity index is 84.3. The predicted octanol–water partition coefficient (Wildman–Crippen LogP) is -0.895. The number of carbonyl (C=O) groups excluding carboxylic acids is 1. The van der Waals surface area contributed by atoms with Crippen LogP contribution in [0.25, 0.3) is 0 Å². The molecule has 0 aromatic heterocycles. The van der Waals surface area contributed by atoms with Crippen molar-refractivity contribution >= 4 is 5.91 Å². The number of amides is 1. The summed E-state index contributed by atoms with van der Waals surface area (Å²) in [4.78, 5) is 10.4. The molecule has 0 fully saturated rings. The van der Waals surface area contributed by atoms with Gasteiger partial charge in [-0.25, -0.2) is 5.84 Å². The minimum Gasteiger partial charge on any atom is -0.330 e. The third-order valence-electron chi connectivity index (χ3n) is 1.02. The number of nitrogens with one attached hydrogen (secondary N) is 1. The Labute approximate surface area is 54.6 Å². The lowest BCUT2D eigenvalue weighted by Gasteiger charge is -1.96. The summed E-state index contributed by atoms with van der Waals surface area (Å²) in [6, 6.07) is 0. The first-order chi connectivity index (χ1) is 4.31. The lowest BCUT2D eigenvalue weighted by molar-refractivity contribution is -0.121. The summed E-state index contributed by atoms with van der Waals surface area (Å²) in [6.07, 6.45) is 2.18. The van der Waals surface area contributed by atoms with E-state index >= 15 is 0 Å². The number of unbranched alkanes of at least 4 members (excludes halogenated alkanes) is 1. The zero-order valence-corrected chi connectivity index (χ0v) is 5.39. The van der Waals surface area contributed by atoms with Crippen LogP contribution in [0, 0.1) is 0 Å². The van der Waals surface area contributed by atoms with Crippen LogP contribution < -0.4 is 17.0 Å². The van der Waals surface area contributed by atoms with E-state index in [0.29, 0.717) is 13.0 Å². The monoisotopic (exact) mass is 131 g/mol. The van der Waals surface area contributed by atoms with Gasteiger partial charge in [0.1, 0.15) is 0 Å². The first-order valence-electron chi connectivity index (χ1n) is 3.00. The van der Waals surface area contributed by atoms with Gasteiger partial charge in [-0.15, -0.1) is 0 Å². The molecule has 5 N–H and O–H groups in total. The van der Waals surface area contributed by atoms with Gasteiger partial charge < -0.3 is 5.73 Å². The smallest absolute Gasteiger partial charge is 0.233 e. The predicted molar refractivity (Wildman–Crippen MR) is 35.2 cm³/mol. The third kappa shape index (κ3) is 5.26. The lowest BCUT2D eigenvalue weighted by Crippen LogP contribution is -2.29. The highest BCUT2D eigenvalue weighted by Gasteiger charge is 1.94. The highest BCUT2D eigenvalue weighted by Crippen LogP contribution is 1.91. The summed E-state index contributed by atoms with van der Waals surface area (Å²) >= 11 is 0. The van der Waals surface area contributed by atoms with Crippen molar-refractivity contribution in [3.8, 4) is 0 Å². The molecule has 0 heterocycles. The maximum atomic E-state index is 10.4. The number of hydrogen-bond donors (Lipinski definition) is 3. The van der Waals surface area contributed by atoms with E-state index in [1.54, 1.807) is 0 Å². The maximum Gasteiger partial charge on any atom is 0.233 e. The minimum absolute atomic E-state index is 0.122. The molecule has 0 aromatic rings. The standard InChI is InChI=1S/C5H13N3O/c6-4-2-1-3-5(9)8-7/h1-4,6-7H2,(H,8,9). The van der Waals surface area contributed by atoms with Crippen LogP contribution in [-0.2, 0) is 4.79 Å². The zero-order valence-electron chi connectivity index (χ0n) is 5.39. The van der Waals surface area contributed by atoms with Crippen molar-refractivity contribution in [3.63, 3.8) is 0 Å². The highest BCUT2D eigenvalue weighted by molar-refractivity contribution is 5.74. The molecule has 0 aliphatic carbocycles. The van der Waals surface area contributed by atoms with E-state index in [2.05, 4.69) is 0 Å². The molecule has 9 heavy (non-hydrogen) atoms. The van der Waals surface area contributed by atoms with Gasteiger partial charge in [-0.2, -0.15) is 0 Å². The van der Waals surface area contributed by atoms with Crippen LogP contribution in [0.4, 0.5) is 0 Å². The Balaban J connectivity index is 2.97. The molecule has 0 aliphatic rings. The van der Waals surface area contributed by atoms with Crippen molar-refractivity contribution in [3.05, 3.63) is 0 Å². The van der Waals surface area contributed by atoms with Crippen molar-refractivity contribution in [1.82, 2.24) is 5.43 Å². The van der Waals surface area contributed by atoms with Crippen molar-refractivity contribution in [2.24, 2.45) is 11.6 Å². The van der Waals surface area contributed by atoms with Gasteiger partial charge >= 0.3 is 0 Å². The van der Waals surface area contributed by atoms with E-state index in [0.717, 1.165) is 12.8 Å². The normalized spacial score (nSPS) is 9.11. The molecule has 54 valence electrons. The molecule has 4 nitrogen and oxygen atoms in total. The highest BCUT2D eigenvalue weighted by atomic mass is 16.2. The van der Waals surface area contributed by atoms with E-state index in [4.69, 9.17) is 11.6 Å². The van der Waals surface area contributed by atoms with Crippen LogP contribution in [-0.4, -0.2) is 12.5 Å². The van der Waals surface area contributed by atoms with Gasteiger partial charge in [-0.1, -0.05) is 0 Å². The van der Waals surface area contributed by atoms with Crippen LogP contribution in [0.3, 0.4) is 0 Å². The molecule has 0 atom stereocenters. The Morgan fingerprint density at radius 2 is 2.11 bits per heavy atom. The second-order valence-electron chi connectivity index (χ2n) is 1.81. The maximum absolute atomic E-state index is 10.4. The van der Waals surface area contributed by atoms with E-state index in [9.17, 15) is 4.79 Å². The average Bonchev–Trinajstić information content (AvgIpc) is 1.89. The summed E-state index contributed by atoms with van der Waals surface area (Å²) in [7, 11) is 0. The Morgan fingerprint density at radius 3 is 2.56 bits per heavy atom. The van der Waals surface area contributed by atoms with Crippen LogP contribution in [0.15, 0.2) is 0 Å². The van der Waals surface area contributed by atoms with Crippen molar-refractivity contribution in [2.45, 2.75) is 19.3 Å². The third-order valence-corrected chi connectivity index (χ3v) is 1.02. The Hall–Kier alpha value is -0.610. The SMILES string of the molecule is NCCCCC(=O)NN. The minimum atomic E-state index is -0.122. The molecule has 0 saturated carbocycles. The second-order valence-corrected chi connectivity index (χ2v) is 1.81. The van der Waals surface area contributed by atoms with Crippen LogP contribution in [0.5, 0.6) is 0 Å². The average molecular weight is 131 g/mol. The van der Waals surface area contributed by atoms with Crippen LogP contribution in [0.2, 0.25) is 0 Å². The summed E-state index contributed by atoms with van der Waals surface area (Å²) in [5.74, 6) is 4.70. The molecule has 0 aliphatic heterocycles. The topological polar surface area (TPSA) is 81.1 Å². The van der Waals surface area contributed by atoms with E-state index in [1.807, 2.05) is 5.43 Å². The first kappa shape index (κ1) is 8.39. The fraction of sp³-hybridized carbons (Fsp3) is 0.800. The molecule has 4 heteroatoms. The van der Waals surface area contributed by atoms with Crippen molar-refractivity contribution < 1.29 is 4.79 Å². The number of carbonyl (C=O) groups is 1. The summed E-state index contributed by atoms with van der Waals surface area (Å²) in [6.45, 7) is 0.637. The van der Waals surface area contributed by atoms with Gasteiger partial charge in [0.05, 0.1) is 0 Å². The first-order valence-corrected chi connectivity index (χ1v) is 3.00. The van der Waals surface area contributed by atoms with Gasteiger partial charge in [0, 0.05) is 6.42 Å². The number of rotatable bonds is 4. The Kier molecular flexibility index (Phi) is 5.15. The lowest BCUT2D eigenvalue weighted by atomic mass is 10.2. The summed E-state index contributed by atoms with van der Waals surface area (Å²) in [5, 5.41) is 0. The summed E-state index contributed by atoms with van der Waals surface area (Å²) in [5.41, 5.74) is 7.24. The number of nitrogens with two attached hydrogens (primary N) is 2. The molecule has 1 amide bonds. The van der Waals surface area contributed by atoms with Gasteiger partial charge in [0.15, 0.2) is 0 Å². The molecular weight excluding hydrogens is 118 g/mol. The van der Waals surface area contributed by atoms with E-state index < -0.39 is 0 Å². The number of hydrogen-bond acceptors (Lipinski definition) is 3. The molecule has 0 saturated heterocycles. The molecule has 0 spiro atoms. The fourth-order valence-electron chi connectivity index (χ4n) is 0.502. The van der Waals surface area contributed by atoms with Gasteiger partial charge in [-0.05, 0) is 19.4 Å². The van der Waals surface area contributed by atoms with Gasteiger partial charge in [0.2, 0.25) is 5.91 Å².